The van der Waals surface area contributed by atoms with Gasteiger partial charge in [0.05, 0.1) is 22.5 Å². The molecule has 0 radical (unpaired) electrons. The van der Waals surface area contributed by atoms with Crippen LogP contribution in [-0.4, -0.2) is 14.5 Å². The molecule has 4 nitrogen and oxygen atoms in total. The monoisotopic (exact) mass is 719 g/mol. The number of nitrogens with zero attached hydrogens (tertiary/aromatic N) is 3. The summed E-state index contributed by atoms with van der Waals surface area (Å²) in [7, 11) is 0. The van der Waals surface area contributed by atoms with Gasteiger partial charge in [-0.05, 0) is 73.0 Å². The van der Waals surface area contributed by atoms with Crippen molar-refractivity contribution in [1.29, 1.82) is 0 Å². The lowest BCUT2D eigenvalue weighted by Gasteiger charge is -2.09. The molecule has 0 saturated heterocycles. The van der Waals surface area contributed by atoms with Gasteiger partial charge in [-0.3, -0.25) is 0 Å². The topological polar surface area (TPSA) is 43.9 Å². The van der Waals surface area contributed by atoms with Gasteiger partial charge in [0.15, 0.2) is 5.82 Å². The van der Waals surface area contributed by atoms with E-state index < -0.39 is 0 Å². The number of furan rings is 1. The van der Waals surface area contributed by atoms with E-state index in [0.717, 1.165) is 72.3 Å². The van der Waals surface area contributed by atoms with E-state index in [1.807, 2.05) is 36.4 Å². The average Bonchev–Trinajstić information content (AvgIpc) is 3.78. The lowest BCUT2D eigenvalue weighted by Crippen LogP contribution is -1.96. The first kappa shape index (κ1) is 33.3. The summed E-state index contributed by atoms with van der Waals surface area (Å²) in [4.78, 5) is 10.3. The Morgan fingerprint density at radius 3 is 1.70 bits per heavy atom. The molecule has 0 atom stereocenters. The number of para-hydroxylation sites is 3. The third-order valence-electron chi connectivity index (χ3n) is 10.8. The van der Waals surface area contributed by atoms with Crippen molar-refractivity contribution in [2.45, 2.75) is 13.8 Å². The number of allylic oxidation sites excluding steroid dienone is 1. The molecule has 3 heterocycles. The van der Waals surface area contributed by atoms with Crippen LogP contribution in [0.25, 0.3) is 95.2 Å². The minimum Gasteiger partial charge on any atom is -0.455 e. The lowest BCUT2D eigenvalue weighted by molar-refractivity contribution is 0.670. The van der Waals surface area contributed by atoms with E-state index in [1.165, 1.54) is 27.8 Å². The van der Waals surface area contributed by atoms with Gasteiger partial charge in [0.1, 0.15) is 11.2 Å². The highest BCUT2D eigenvalue weighted by Gasteiger charge is 2.20. The molecule has 0 saturated carbocycles. The number of hydrogen-bond donors (Lipinski definition) is 0. The molecule has 7 aromatic carbocycles. The molecule has 0 amide bonds. The number of benzene rings is 7. The smallest absolute Gasteiger partial charge is 0.164 e. The van der Waals surface area contributed by atoms with Crippen LogP contribution in [0.3, 0.4) is 0 Å². The summed E-state index contributed by atoms with van der Waals surface area (Å²) < 4.78 is 9.35. The van der Waals surface area contributed by atoms with Crippen molar-refractivity contribution < 1.29 is 4.42 Å². The largest absolute Gasteiger partial charge is 0.455 e. The van der Waals surface area contributed by atoms with Crippen LogP contribution < -0.4 is 0 Å². The van der Waals surface area contributed by atoms with Crippen LogP contribution in [0.2, 0.25) is 0 Å². The van der Waals surface area contributed by atoms with Crippen molar-refractivity contribution in [3.8, 4) is 50.7 Å². The van der Waals surface area contributed by atoms with Crippen LogP contribution in [0.5, 0.6) is 0 Å². The minimum atomic E-state index is 0.626. The fraction of sp³-hybridized carbons (Fsp3) is 0.0385. The molecule has 0 bridgehead atoms. The van der Waals surface area contributed by atoms with E-state index in [-0.39, 0.29) is 0 Å². The fourth-order valence-corrected chi connectivity index (χ4v) is 8.01. The molecule has 0 unspecified atom stereocenters. The molecule has 3 aromatic heterocycles. The Bertz CT molecular complexity index is 3010. The zero-order valence-electron chi connectivity index (χ0n) is 31.1. The van der Waals surface area contributed by atoms with Gasteiger partial charge in [0.25, 0.3) is 0 Å². The summed E-state index contributed by atoms with van der Waals surface area (Å²) in [5, 5.41) is 3.27. The maximum Gasteiger partial charge on any atom is 0.164 e. The van der Waals surface area contributed by atoms with Crippen molar-refractivity contribution in [1.82, 2.24) is 14.5 Å². The summed E-state index contributed by atoms with van der Waals surface area (Å²) in [5.41, 5.74) is 15.5. The van der Waals surface area contributed by atoms with Crippen LogP contribution in [0, 0.1) is 6.92 Å². The second kappa shape index (κ2) is 13.8. The Morgan fingerprint density at radius 2 is 1.07 bits per heavy atom. The lowest BCUT2D eigenvalue weighted by atomic mass is 9.98. The van der Waals surface area contributed by atoms with Crippen LogP contribution in [0.4, 0.5) is 0 Å². The van der Waals surface area contributed by atoms with Crippen molar-refractivity contribution in [3.05, 3.63) is 199 Å². The van der Waals surface area contributed by atoms with Crippen molar-refractivity contribution in [2.24, 2.45) is 0 Å². The molecule has 10 aromatic rings. The van der Waals surface area contributed by atoms with E-state index >= 15 is 0 Å². The van der Waals surface area contributed by atoms with Gasteiger partial charge in [-0.2, -0.15) is 0 Å². The first-order valence-corrected chi connectivity index (χ1v) is 19.0. The Kier molecular flexibility index (Phi) is 8.23. The highest BCUT2D eigenvalue weighted by Crippen LogP contribution is 2.42. The Hall–Kier alpha value is -7.30. The molecule has 0 aliphatic heterocycles. The summed E-state index contributed by atoms with van der Waals surface area (Å²) >= 11 is 0. The molecule has 0 spiro atoms. The van der Waals surface area contributed by atoms with E-state index in [9.17, 15) is 0 Å². The molecular weight excluding hydrogens is 683 g/mol. The number of rotatable bonds is 7. The molecule has 4 heteroatoms. The van der Waals surface area contributed by atoms with Gasteiger partial charge in [0.2, 0.25) is 0 Å². The van der Waals surface area contributed by atoms with Gasteiger partial charge >= 0.3 is 0 Å². The minimum absolute atomic E-state index is 0.626. The zero-order valence-corrected chi connectivity index (χ0v) is 31.1. The summed E-state index contributed by atoms with van der Waals surface area (Å²) in [6, 6.07) is 63.4. The number of hydrogen-bond acceptors (Lipinski definition) is 3. The standard InChI is InChI=1S/C52H37N3O/c1-34(36-17-7-3-8-18-36)31-45-35(2)55(40-23-13-6-14-24-40)49-30-29-39(32-46(45)49)41-25-15-26-42-43-27-16-28-44(51(43)56-50(41)42)52-53-47(37-19-9-4-10-20-37)33-48(54-52)38-21-11-5-12-22-38/h3-33H,1-2H3/b34-31+. The van der Waals surface area contributed by atoms with Crippen LogP contribution in [0.15, 0.2) is 186 Å². The van der Waals surface area contributed by atoms with E-state index in [2.05, 4.69) is 170 Å². The first-order valence-electron chi connectivity index (χ1n) is 19.0. The van der Waals surface area contributed by atoms with Gasteiger partial charge in [-0.1, -0.05) is 146 Å². The molecular formula is C52H37N3O. The highest BCUT2D eigenvalue weighted by atomic mass is 16.3. The quantitative estimate of drug-likeness (QED) is 0.165. The second-order valence-electron chi connectivity index (χ2n) is 14.3. The molecule has 0 N–H and O–H groups in total. The normalized spacial score (nSPS) is 11.9. The molecule has 0 fully saturated rings. The number of aromatic nitrogens is 3. The zero-order chi connectivity index (χ0) is 37.6. The van der Waals surface area contributed by atoms with Gasteiger partial charge in [-0.15, -0.1) is 0 Å². The fourth-order valence-electron chi connectivity index (χ4n) is 8.01. The van der Waals surface area contributed by atoms with Gasteiger partial charge in [-0.25, -0.2) is 9.97 Å². The highest BCUT2D eigenvalue weighted by molar-refractivity contribution is 6.13. The van der Waals surface area contributed by atoms with E-state index in [0.29, 0.717) is 5.82 Å². The van der Waals surface area contributed by atoms with Crippen LogP contribution in [-0.2, 0) is 0 Å². The molecule has 0 aliphatic carbocycles. The number of fused-ring (bicyclic) bond motifs is 4. The predicted molar refractivity (Wildman–Crippen MR) is 233 cm³/mol. The van der Waals surface area contributed by atoms with Crippen molar-refractivity contribution >= 4 is 44.5 Å². The summed E-state index contributed by atoms with van der Waals surface area (Å²) in [5.74, 6) is 0.626. The maximum absolute atomic E-state index is 6.98. The van der Waals surface area contributed by atoms with E-state index in [4.69, 9.17) is 14.4 Å². The van der Waals surface area contributed by atoms with Gasteiger partial charge in [0, 0.05) is 49.8 Å². The molecule has 0 aliphatic rings. The Labute approximate surface area is 325 Å². The Balaban J connectivity index is 1.16. The second-order valence-corrected chi connectivity index (χ2v) is 14.3. The van der Waals surface area contributed by atoms with Crippen LogP contribution >= 0.6 is 0 Å². The SMILES string of the molecule is C/C(=C\c1c(C)n(-c2ccccc2)c2ccc(-c3cccc4c3oc3c(-c5nc(-c6ccccc6)cc(-c6ccccc6)n5)cccc34)cc12)c1ccccc1. The molecule has 266 valence electrons. The third kappa shape index (κ3) is 5.80. The average molecular weight is 720 g/mol. The van der Waals surface area contributed by atoms with E-state index in [1.54, 1.807) is 0 Å². The first-order chi connectivity index (χ1) is 27.6. The van der Waals surface area contributed by atoms with Gasteiger partial charge < -0.3 is 8.98 Å². The summed E-state index contributed by atoms with van der Waals surface area (Å²) in [6.07, 6.45) is 2.33. The van der Waals surface area contributed by atoms with Crippen molar-refractivity contribution in [3.63, 3.8) is 0 Å². The predicted octanol–water partition coefficient (Wildman–Crippen LogP) is 13.9. The molecule has 10 rings (SSSR count). The Morgan fingerprint density at radius 1 is 0.518 bits per heavy atom. The summed E-state index contributed by atoms with van der Waals surface area (Å²) in [6.45, 7) is 4.41. The van der Waals surface area contributed by atoms with Crippen LogP contribution in [0.1, 0.15) is 23.7 Å². The third-order valence-corrected chi connectivity index (χ3v) is 10.8. The maximum atomic E-state index is 6.98. The molecule has 56 heavy (non-hydrogen) atoms. The van der Waals surface area contributed by atoms with Crippen molar-refractivity contribution in [2.75, 3.05) is 0 Å².